The Kier molecular flexibility index (Phi) is 4.48. The van der Waals surface area contributed by atoms with Crippen LogP contribution < -0.4 is 10.1 Å². The van der Waals surface area contributed by atoms with E-state index in [4.69, 9.17) is 0 Å². The van der Waals surface area contributed by atoms with Crippen LogP contribution in [-0.2, 0) is 11.2 Å². The largest absolute Gasteiger partial charge is 0.573 e. The van der Waals surface area contributed by atoms with Crippen LogP contribution >= 0.6 is 0 Å². The molecule has 23 heavy (non-hydrogen) atoms. The summed E-state index contributed by atoms with van der Waals surface area (Å²) < 4.78 is 40.0. The second-order valence-corrected chi connectivity index (χ2v) is 6.15. The van der Waals surface area contributed by atoms with E-state index in [2.05, 4.69) is 15.0 Å². The monoisotopic (exact) mass is 328 g/mol. The van der Waals surface area contributed by atoms with Crippen LogP contribution in [0.25, 0.3) is 0 Å². The fourth-order valence-electron chi connectivity index (χ4n) is 2.95. The summed E-state index contributed by atoms with van der Waals surface area (Å²) in [4.78, 5) is 14.4. The maximum absolute atomic E-state index is 12.1. The molecular weight excluding hydrogens is 309 g/mol. The lowest BCUT2D eigenvalue weighted by atomic mass is 10.1. The zero-order chi connectivity index (χ0) is 16.4. The number of rotatable bonds is 5. The van der Waals surface area contributed by atoms with Crippen molar-refractivity contribution in [2.24, 2.45) is 0 Å². The average molecular weight is 328 g/mol. The lowest BCUT2D eigenvalue weighted by molar-refractivity contribution is -0.274. The molecule has 2 fully saturated rings. The van der Waals surface area contributed by atoms with Crippen molar-refractivity contribution in [3.05, 3.63) is 29.8 Å². The highest BCUT2D eigenvalue weighted by atomic mass is 19.4. The molecule has 4 nitrogen and oxygen atoms in total. The number of amides is 1. The molecular formula is C16H19F3N2O2. The molecule has 126 valence electrons. The standard InChI is InChI=1S/C16H19F3N2O2/c17-16(18,19)23-14-5-1-11(2-6-14)9-15(22)20-12-7-8-21(10-12)13-3-4-13/h1-2,5-6,12-13H,3-4,7-10H2,(H,20,22). The molecule has 2 aliphatic rings. The Hall–Kier alpha value is -1.76. The highest BCUT2D eigenvalue weighted by Crippen LogP contribution is 2.29. The van der Waals surface area contributed by atoms with E-state index in [-0.39, 0.29) is 24.1 Å². The van der Waals surface area contributed by atoms with Crippen molar-refractivity contribution < 1.29 is 22.7 Å². The van der Waals surface area contributed by atoms with E-state index >= 15 is 0 Å². The molecule has 1 saturated heterocycles. The molecule has 0 spiro atoms. The third kappa shape index (κ3) is 4.86. The first-order valence-electron chi connectivity index (χ1n) is 7.77. The van der Waals surface area contributed by atoms with Gasteiger partial charge in [0.25, 0.3) is 0 Å². The van der Waals surface area contributed by atoms with Crippen LogP contribution in [0.2, 0.25) is 0 Å². The van der Waals surface area contributed by atoms with E-state index in [0.717, 1.165) is 19.5 Å². The summed E-state index contributed by atoms with van der Waals surface area (Å²) in [5.41, 5.74) is 0.661. The Morgan fingerprint density at radius 3 is 2.52 bits per heavy atom. The minimum absolute atomic E-state index is 0.0999. The van der Waals surface area contributed by atoms with E-state index in [1.807, 2.05) is 0 Å². The van der Waals surface area contributed by atoms with Crippen LogP contribution in [0, 0.1) is 0 Å². The second-order valence-electron chi connectivity index (χ2n) is 6.15. The Bertz CT molecular complexity index is 555. The Morgan fingerprint density at radius 1 is 1.22 bits per heavy atom. The van der Waals surface area contributed by atoms with Gasteiger partial charge < -0.3 is 10.1 Å². The lowest BCUT2D eigenvalue weighted by Crippen LogP contribution is -2.38. The summed E-state index contributed by atoms with van der Waals surface area (Å²) >= 11 is 0. The third-order valence-corrected chi connectivity index (χ3v) is 4.17. The van der Waals surface area contributed by atoms with E-state index in [1.165, 1.54) is 37.1 Å². The number of nitrogens with one attached hydrogen (secondary N) is 1. The first kappa shape index (κ1) is 16.1. The predicted molar refractivity (Wildman–Crippen MR) is 78.0 cm³/mol. The Morgan fingerprint density at radius 2 is 1.91 bits per heavy atom. The number of alkyl halides is 3. The highest BCUT2D eigenvalue weighted by molar-refractivity contribution is 5.79. The fourth-order valence-corrected chi connectivity index (χ4v) is 2.95. The molecule has 1 heterocycles. The molecule has 1 N–H and O–H groups in total. The van der Waals surface area contributed by atoms with Gasteiger partial charge in [0.2, 0.25) is 5.91 Å². The predicted octanol–water partition coefficient (Wildman–Crippen LogP) is 2.48. The van der Waals surface area contributed by atoms with Crippen molar-refractivity contribution in [1.82, 2.24) is 10.2 Å². The van der Waals surface area contributed by atoms with E-state index < -0.39 is 6.36 Å². The summed E-state index contributed by atoms with van der Waals surface area (Å²) in [6, 6.07) is 6.28. The fraction of sp³-hybridized carbons (Fsp3) is 0.562. The molecule has 0 bridgehead atoms. The third-order valence-electron chi connectivity index (χ3n) is 4.17. The summed E-state index contributed by atoms with van der Waals surface area (Å²) in [5.74, 6) is -0.380. The normalized spacial score (nSPS) is 22.1. The molecule has 1 saturated carbocycles. The molecule has 0 radical (unpaired) electrons. The molecule has 1 unspecified atom stereocenters. The first-order chi connectivity index (χ1) is 10.9. The summed E-state index contributed by atoms with van der Waals surface area (Å²) in [6.07, 6.45) is -1.07. The van der Waals surface area contributed by atoms with E-state index in [1.54, 1.807) is 0 Å². The van der Waals surface area contributed by atoms with E-state index in [9.17, 15) is 18.0 Å². The van der Waals surface area contributed by atoms with Gasteiger partial charge in [0.1, 0.15) is 5.75 Å². The Balaban J connectivity index is 1.46. The van der Waals surface area contributed by atoms with Gasteiger partial charge in [-0.05, 0) is 37.0 Å². The number of carbonyl (C=O) groups excluding carboxylic acids is 1. The van der Waals surface area contributed by atoms with Crippen LogP contribution in [0.5, 0.6) is 5.75 Å². The van der Waals surface area contributed by atoms with Crippen LogP contribution in [-0.4, -0.2) is 42.3 Å². The van der Waals surface area contributed by atoms with Gasteiger partial charge in [0.05, 0.1) is 6.42 Å². The maximum atomic E-state index is 12.1. The van der Waals surface area contributed by atoms with Crippen molar-refractivity contribution in [1.29, 1.82) is 0 Å². The number of halogens is 3. The molecule has 3 rings (SSSR count). The second kappa shape index (κ2) is 6.39. The molecule has 1 aromatic rings. The molecule has 7 heteroatoms. The Labute approximate surface area is 132 Å². The summed E-state index contributed by atoms with van der Waals surface area (Å²) in [7, 11) is 0. The number of ether oxygens (including phenoxy) is 1. The van der Waals surface area contributed by atoms with Crippen LogP contribution in [0.1, 0.15) is 24.8 Å². The number of likely N-dealkylation sites (tertiary alicyclic amines) is 1. The smallest absolute Gasteiger partial charge is 0.406 e. The zero-order valence-electron chi connectivity index (χ0n) is 12.6. The van der Waals surface area contributed by atoms with Crippen molar-refractivity contribution in [3.63, 3.8) is 0 Å². The number of hydrogen-bond donors (Lipinski definition) is 1. The van der Waals surface area contributed by atoms with Crippen molar-refractivity contribution in [2.75, 3.05) is 13.1 Å². The quantitative estimate of drug-likeness (QED) is 0.903. The molecule has 1 aromatic carbocycles. The average Bonchev–Trinajstić information content (AvgIpc) is 3.20. The van der Waals surface area contributed by atoms with Gasteiger partial charge in [0.15, 0.2) is 0 Å². The van der Waals surface area contributed by atoms with Gasteiger partial charge in [-0.1, -0.05) is 12.1 Å². The van der Waals surface area contributed by atoms with Gasteiger partial charge in [0, 0.05) is 25.2 Å². The topological polar surface area (TPSA) is 41.6 Å². The van der Waals surface area contributed by atoms with Gasteiger partial charge in [-0.25, -0.2) is 0 Å². The van der Waals surface area contributed by atoms with Crippen molar-refractivity contribution in [2.45, 2.75) is 44.1 Å². The molecule has 0 aromatic heterocycles. The van der Waals surface area contributed by atoms with Crippen molar-refractivity contribution in [3.8, 4) is 5.75 Å². The number of hydrogen-bond acceptors (Lipinski definition) is 3. The zero-order valence-corrected chi connectivity index (χ0v) is 12.6. The minimum atomic E-state index is -4.70. The van der Waals surface area contributed by atoms with E-state index in [0.29, 0.717) is 11.6 Å². The van der Waals surface area contributed by atoms with Crippen LogP contribution in [0.3, 0.4) is 0 Å². The van der Waals surface area contributed by atoms with Crippen LogP contribution in [0.4, 0.5) is 13.2 Å². The number of benzene rings is 1. The maximum Gasteiger partial charge on any atom is 0.573 e. The molecule has 1 aliphatic carbocycles. The van der Waals surface area contributed by atoms with Gasteiger partial charge in [-0.2, -0.15) is 0 Å². The highest BCUT2D eigenvalue weighted by Gasteiger charge is 2.34. The summed E-state index contributed by atoms with van der Waals surface area (Å²) in [6.45, 7) is 1.92. The van der Waals surface area contributed by atoms with Gasteiger partial charge in [-0.15, -0.1) is 13.2 Å². The van der Waals surface area contributed by atoms with Gasteiger partial charge in [-0.3, -0.25) is 9.69 Å². The number of carbonyl (C=O) groups is 1. The minimum Gasteiger partial charge on any atom is -0.406 e. The SMILES string of the molecule is O=C(Cc1ccc(OC(F)(F)F)cc1)NC1CCN(C2CC2)C1. The van der Waals surface area contributed by atoms with Crippen molar-refractivity contribution >= 4 is 5.91 Å². The molecule has 1 amide bonds. The molecule has 1 aliphatic heterocycles. The first-order valence-corrected chi connectivity index (χ1v) is 7.77. The van der Waals surface area contributed by atoms with Crippen LogP contribution in [0.15, 0.2) is 24.3 Å². The molecule has 1 atom stereocenters. The van der Waals surface area contributed by atoms with Gasteiger partial charge >= 0.3 is 6.36 Å². The lowest BCUT2D eigenvalue weighted by Gasteiger charge is -2.16. The number of nitrogens with zero attached hydrogens (tertiary/aromatic N) is 1. The summed E-state index contributed by atoms with van der Waals surface area (Å²) in [5, 5.41) is 3.00.